The third-order valence-corrected chi connectivity index (χ3v) is 13.8. The van der Waals surface area contributed by atoms with Gasteiger partial charge in [-0.1, -0.05) is 73.5 Å². The second-order valence-electron chi connectivity index (χ2n) is 20.9. The lowest BCUT2D eigenvalue weighted by Gasteiger charge is -2.44. The van der Waals surface area contributed by atoms with Gasteiger partial charge in [0, 0.05) is 66.5 Å². The molecular formula is C64H74O24. The van der Waals surface area contributed by atoms with Crippen LogP contribution in [-0.2, 0) is 130 Å². The predicted octanol–water partition coefficient (Wildman–Crippen LogP) is 6.72. The van der Waals surface area contributed by atoms with E-state index in [1.807, 2.05) is 36.4 Å². The molecule has 88 heavy (non-hydrogen) atoms. The Balaban J connectivity index is 1.26. The van der Waals surface area contributed by atoms with E-state index in [0.29, 0.717) is 46.2 Å². The molecule has 24 heteroatoms. The quantitative estimate of drug-likeness (QED) is 0.0340. The molecule has 2 aliphatic rings. The zero-order chi connectivity index (χ0) is 64.2. The van der Waals surface area contributed by atoms with Crippen molar-refractivity contribution in [1.29, 1.82) is 0 Å². The number of rotatable bonds is 27. The highest BCUT2D eigenvalue weighted by atomic mass is 16.7. The average molecular weight is 1230 g/mol. The minimum atomic E-state index is -1.53. The maximum Gasteiger partial charge on any atom is 0.309 e. The highest BCUT2D eigenvalue weighted by Crippen LogP contribution is 2.39. The molecule has 10 atom stereocenters. The standard InChI is InChI=1S/C64H74O24/c1-35(65)77-33-53-57(79-37(3)67)59(81-39(5)69)61(83-41(7)71)63(87-53)85-51-25-23-43(29-49(51)47-21-15-19-45(27-47)31-55(73)75-9)17-13-11-12-14-18-44-24-26-52(50(30-44)48-22-16-20-46(28-48)32-56(74)76-10)86-64-62(84-42(8)72)60(82-40(6)70)58(80-38(4)68)54(88-64)34-78-36(2)66/h15-16,19-30,53-54,57-64H,11-14,17-18,31-34H2,1-10H3/t53-,54-,57-,58-,59+,60+,61+,62+,63+,64+/m1/s1. The largest absolute Gasteiger partial charge is 0.469 e. The van der Waals surface area contributed by atoms with Crippen LogP contribution in [0, 0.1) is 0 Å². The molecule has 2 fully saturated rings. The number of esters is 10. The minimum Gasteiger partial charge on any atom is -0.469 e. The molecule has 2 heterocycles. The van der Waals surface area contributed by atoms with Gasteiger partial charge in [-0.25, -0.2) is 0 Å². The van der Waals surface area contributed by atoms with Crippen LogP contribution in [0.25, 0.3) is 22.3 Å². The first kappa shape index (κ1) is 68.2. The Hall–Kier alpha value is -8.90. The van der Waals surface area contributed by atoms with E-state index in [9.17, 15) is 47.9 Å². The molecule has 6 rings (SSSR count). The normalized spacial score (nSPS) is 21.2. The fourth-order valence-corrected chi connectivity index (χ4v) is 10.1. The van der Waals surface area contributed by atoms with Gasteiger partial charge >= 0.3 is 59.7 Å². The monoisotopic (exact) mass is 1230 g/mol. The molecule has 0 amide bonds. The van der Waals surface area contributed by atoms with Gasteiger partial charge in [0.25, 0.3) is 0 Å². The summed E-state index contributed by atoms with van der Waals surface area (Å²) in [6, 6.07) is 25.3. The molecule has 4 aromatic rings. The highest BCUT2D eigenvalue weighted by molar-refractivity contribution is 5.78. The average Bonchev–Trinajstić information content (AvgIpc) is 1.39. The fraction of sp³-hybridized carbons (Fsp3) is 0.469. The summed E-state index contributed by atoms with van der Waals surface area (Å²) in [5.74, 6) is -6.62. The van der Waals surface area contributed by atoms with Crippen LogP contribution in [0.15, 0.2) is 84.9 Å². The fourth-order valence-electron chi connectivity index (χ4n) is 10.1. The van der Waals surface area contributed by atoms with Crippen LogP contribution in [0.5, 0.6) is 11.5 Å². The van der Waals surface area contributed by atoms with E-state index in [1.54, 1.807) is 48.5 Å². The van der Waals surface area contributed by atoms with Crippen molar-refractivity contribution in [2.45, 2.75) is 168 Å². The molecule has 0 N–H and O–H groups in total. The summed E-state index contributed by atoms with van der Waals surface area (Å²) in [4.78, 5) is 124. The molecule has 0 radical (unpaired) electrons. The lowest BCUT2D eigenvalue weighted by atomic mass is 9.95. The van der Waals surface area contributed by atoms with Crippen molar-refractivity contribution < 1.29 is 114 Å². The van der Waals surface area contributed by atoms with Crippen LogP contribution in [0.1, 0.15) is 103 Å². The van der Waals surface area contributed by atoms with Crippen molar-refractivity contribution in [3.63, 3.8) is 0 Å². The highest BCUT2D eigenvalue weighted by Gasteiger charge is 2.55. The Morgan fingerprint density at radius 1 is 0.375 bits per heavy atom. The second kappa shape index (κ2) is 32.7. The smallest absolute Gasteiger partial charge is 0.309 e. The Bertz CT molecular complexity index is 2940. The van der Waals surface area contributed by atoms with Gasteiger partial charge in [0.2, 0.25) is 24.8 Å². The van der Waals surface area contributed by atoms with Crippen molar-refractivity contribution in [3.05, 3.63) is 107 Å². The molecule has 2 saturated heterocycles. The van der Waals surface area contributed by atoms with Gasteiger partial charge < -0.3 is 66.3 Å². The van der Waals surface area contributed by atoms with Crippen LogP contribution in [-0.4, -0.2) is 149 Å². The summed E-state index contributed by atoms with van der Waals surface area (Å²) in [5.41, 5.74) is 5.45. The number of ether oxygens (including phenoxy) is 14. The SMILES string of the molecule is COC(=O)Cc1cccc(-c2cc(CCCCCCc3ccc(O[C@H]4O[C@H](COC(C)=O)[C@@H](OC(C)=O)[C@H](OC(C)=O)[C@@H]4OC(C)=O)c(-c4cccc(CC(=O)OC)c4)c3)ccc2O[C@H]2O[C@H](COC(C)=O)[C@@H](OC(C)=O)[C@H](OC(C)=O)[C@@H]2OC(C)=O)c1. The molecule has 24 nitrogen and oxygen atoms in total. The summed E-state index contributed by atoms with van der Waals surface area (Å²) in [7, 11) is 2.58. The number of methoxy groups -OCH3 is 2. The van der Waals surface area contributed by atoms with Crippen molar-refractivity contribution in [2.24, 2.45) is 0 Å². The third kappa shape index (κ3) is 20.4. The summed E-state index contributed by atoms with van der Waals surface area (Å²) < 4.78 is 79.8. The predicted molar refractivity (Wildman–Crippen MR) is 306 cm³/mol. The summed E-state index contributed by atoms with van der Waals surface area (Å²) in [6.07, 6.45) is -10.0. The number of hydrogen-bond donors (Lipinski definition) is 0. The van der Waals surface area contributed by atoms with E-state index >= 15 is 0 Å². The van der Waals surface area contributed by atoms with Gasteiger partial charge in [0.1, 0.15) is 36.9 Å². The Morgan fingerprint density at radius 3 is 1.05 bits per heavy atom. The maximum absolute atomic E-state index is 12.7. The molecule has 0 bridgehead atoms. The van der Waals surface area contributed by atoms with Gasteiger partial charge in [0.15, 0.2) is 24.4 Å². The third-order valence-electron chi connectivity index (χ3n) is 13.8. The number of carbonyl (C=O) groups is 10. The van der Waals surface area contributed by atoms with Crippen molar-refractivity contribution in [2.75, 3.05) is 27.4 Å². The van der Waals surface area contributed by atoms with Crippen LogP contribution < -0.4 is 9.47 Å². The number of carbonyl (C=O) groups excluding carboxylic acids is 10. The molecule has 4 aromatic carbocycles. The Labute approximate surface area is 508 Å². The summed E-state index contributed by atoms with van der Waals surface area (Å²) in [5, 5.41) is 0. The first-order valence-corrected chi connectivity index (χ1v) is 28.4. The molecule has 0 unspecified atom stereocenters. The van der Waals surface area contributed by atoms with Crippen LogP contribution in [0.4, 0.5) is 0 Å². The molecule has 0 aromatic heterocycles. The summed E-state index contributed by atoms with van der Waals surface area (Å²) in [6.45, 7) is 8.16. The summed E-state index contributed by atoms with van der Waals surface area (Å²) >= 11 is 0. The van der Waals surface area contributed by atoms with Crippen LogP contribution in [0.3, 0.4) is 0 Å². The molecule has 2 aliphatic heterocycles. The molecule has 0 saturated carbocycles. The minimum absolute atomic E-state index is 0.0303. The number of benzene rings is 4. The van der Waals surface area contributed by atoms with Crippen molar-refractivity contribution >= 4 is 59.7 Å². The van der Waals surface area contributed by atoms with Crippen LogP contribution >= 0.6 is 0 Å². The number of hydrogen-bond acceptors (Lipinski definition) is 24. The number of aryl methyl sites for hydroxylation is 2. The van der Waals surface area contributed by atoms with Crippen molar-refractivity contribution in [3.8, 4) is 33.8 Å². The van der Waals surface area contributed by atoms with E-state index in [1.165, 1.54) is 28.1 Å². The molecule has 474 valence electrons. The number of unbranched alkanes of at least 4 members (excludes halogenated alkanes) is 3. The molecule has 0 aliphatic carbocycles. The van der Waals surface area contributed by atoms with E-state index in [4.69, 9.17) is 66.3 Å². The van der Waals surface area contributed by atoms with E-state index in [-0.39, 0.29) is 24.3 Å². The molecular weight excluding hydrogens is 1150 g/mol. The van der Waals surface area contributed by atoms with Gasteiger partial charge in [-0.2, -0.15) is 0 Å². The van der Waals surface area contributed by atoms with Gasteiger partial charge in [-0.15, -0.1) is 0 Å². The van der Waals surface area contributed by atoms with E-state index < -0.39 is 134 Å². The van der Waals surface area contributed by atoms with Gasteiger partial charge in [0.05, 0.1) is 27.1 Å². The lowest BCUT2D eigenvalue weighted by Crippen LogP contribution is -2.63. The van der Waals surface area contributed by atoms with Gasteiger partial charge in [-0.3, -0.25) is 47.9 Å². The first-order valence-electron chi connectivity index (χ1n) is 28.4. The molecule has 0 spiro atoms. The van der Waals surface area contributed by atoms with Gasteiger partial charge in [-0.05, 0) is 83.3 Å². The topological polar surface area (TPSA) is 300 Å². The Morgan fingerprint density at radius 2 is 0.716 bits per heavy atom. The zero-order valence-corrected chi connectivity index (χ0v) is 50.7. The second-order valence-corrected chi connectivity index (χ2v) is 20.9. The van der Waals surface area contributed by atoms with Crippen LogP contribution in [0.2, 0.25) is 0 Å². The zero-order valence-electron chi connectivity index (χ0n) is 50.7. The van der Waals surface area contributed by atoms with Crippen molar-refractivity contribution in [1.82, 2.24) is 0 Å². The maximum atomic E-state index is 12.7. The first-order chi connectivity index (χ1) is 41.9. The lowest BCUT2D eigenvalue weighted by molar-refractivity contribution is -0.288. The van der Waals surface area contributed by atoms with E-state index in [2.05, 4.69) is 0 Å². The Kier molecular flexibility index (Phi) is 25.4. The van der Waals surface area contributed by atoms with E-state index in [0.717, 1.165) is 78.4 Å².